The lowest BCUT2D eigenvalue weighted by Gasteiger charge is -2.35. The van der Waals surface area contributed by atoms with Gasteiger partial charge in [0.05, 0.1) is 11.9 Å². The van der Waals surface area contributed by atoms with Crippen LogP contribution >= 0.6 is 0 Å². The SMILES string of the molecule is Cc1nc(C2(NC(=O)CCn3nnc4ccccc4c3=O)CCCCC2)no1. The molecule has 0 atom stereocenters. The van der Waals surface area contributed by atoms with Gasteiger partial charge < -0.3 is 9.84 Å². The Bertz CT molecular complexity index is 1050. The Morgan fingerprint density at radius 2 is 2.04 bits per heavy atom. The Morgan fingerprint density at radius 1 is 1.25 bits per heavy atom. The number of hydrogen-bond donors (Lipinski definition) is 1. The number of aryl methyl sites for hydroxylation is 2. The number of nitrogens with zero attached hydrogens (tertiary/aromatic N) is 5. The highest BCUT2D eigenvalue weighted by Crippen LogP contribution is 2.35. The normalized spacial score (nSPS) is 16.2. The van der Waals surface area contributed by atoms with Crippen LogP contribution in [0.25, 0.3) is 10.9 Å². The number of fused-ring (bicyclic) bond motifs is 1. The van der Waals surface area contributed by atoms with Gasteiger partial charge in [-0.25, -0.2) is 4.68 Å². The second kappa shape index (κ2) is 7.49. The first-order valence-corrected chi connectivity index (χ1v) is 9.52. The van der Waals surface area contributed by atoms with Crippen molar-refractivity contribution < 1.29 is 9.32 Å². The molecule has 3 aromatic rings. The molecule has 2 aromatic heterocycles. The molecule has 0 spiro atoms. The molecule has 0 bridgehead atoms. The van der Waals surface area contributed by atoms with Crippen LogP contribution in [0.3, 0.4) is 0 Å². The summed E-state index contributed by atoms with van der Waals surface area (Å²) in [4.78, 5) is 29.6. The third-order valence-electron chi connectivity index (χ3n) is 5.22. The van der Waals surface area contributed by atoms with Gasteiger partial charge in [-0.3, -0.25) is 9.59 Å². The maximum atomic E-state index is 12.7. The van der Waals surface area contributed by atoms with E-state index in [1.807, 2.05) is 0 Å². The van der Waals surface area contributed by atoms with E-state index >= 15 is 0 Å². The molecule has 146 valence electrons. The lowest BCUT2D eigenvalue weighted by atomic mass is 9.81. The molecule has 28 heavy (non-hydrogen) atoms. The van der Waals surface area contributed by atoms with Crippen LogP contribution in [0.5, 0.6) is 0 Å². The molecule has 1 aromatic carbocycles. The van der Waals surface area contributed by atoms with Crippen LogP contribution in [0.1, 0.15) is 50.2 Å². The fourth-order valence-corrected chi connectivity index (χ4v) is 3.76. The van der Waals surface area contributed by atoms with Crippen LogP contribution in [0, 0.1) is 6.92 Å². The highest BCUT2D eigenvalue weighted by atomic mass is 16.5. The zero-order valence-electron chi connectivity index (χ0n) is 15.7. The Balaban J connectivity index is 1.49. The van der Waals surface area contributed by atoms with E-state index in [0.717, 1.165) is 32.1 Å². The average Bonchev–Trinajstić information content (AvgIpc) is 3.15. The minimum absolute atomic E-state index is 0.117. The fourth-order valence-electron chi connectivity index (χ4n) is 3.76. The summed E-state index contributed by atoms with van der Waals surface area (Å²) < 4.78 is 6.36. The zero-order chi connectivity index (χ0) is 19.6. The van der Waals surface area contributed by atoms with E-state index in [1.165, 1.54) is 4.68 Å². The van der Waals surface area contributed by atoms with E-state index in [-0.39, 0.29) is 24.4 Å². The maximum absolute atomic E-state index is 12.7. The first-order valence-electron chi connectivity index (χ1n) is 9.52. The van der Waals surface area contributed by atoms with Crippen molar-refractivity contribution in [1.82, 2.24) is 30.5 Å². The monoisotopic (exact) mass is 382 g/mol. The summed E-state index contributed by atoms with van der Waals surface area (Å²) in [6.07, 6.45) is 4.76. The summed E-state index contributed by atoms with van der Waals surface area (Å²) in [7, 11) is 0. The lowest BCUT2D eigenvalue weighted by molar-refractivity contribution is -0.124. The molecule has 1 amide bonds. The Morgan fingerprint density at radius 3 is 2.79 bits per heavy atom. The van der Waals surface area contributed by atoms with Gasteiger partial charge in [0.1, 0.15) is 11.1 Å². The average molecular weight is 382 g/mol. The van der Waals surface area contributed by atoms with Crippen molar-refractivity contribution in [2.24, 2.45) is 0 Å². The molecule has 2 heterocycles. The molecule has 0 aliphatic heterocycles. The summed E-state index contributed by atoms with van der Waals surface area (Å²) in [5.74, 6) is 0.833. The van der Waals surface area contributed by atoms with Gasteiger partial charge in [-0.15, -0.1) is 5.10 Å². The Kier molecular flexibility index (Phi) is 4.89. The molecule has 0 unspecified atom stereocenters. The lowest BCUT2D eigenvalue weighted by Crippen LogP contribution is -2.48. The molecular formula is C19H22N6O3. The zero-order valence-corrected chi connectivity index (χ0v) is 15.7. The number of amides is 1. The van der Waals surface area contributed by atoms with Crippen molar-refractivity contribution >= 4 is 16.8 Å². The van der Waals surface area contributed by atoms with Gasteiger partial charge in [0, 0.05) is 13.3 Å². The topological polar surface area (TPSA) is 116 Å². The van der Waals surface area contributed by atoms with Crippen LogP contribution in [-0.2, 0) is 16.9 Å². The van der Waals surface area contributed by atoms with Gasteiger partial charge in [0.2, 0.25) is 11.8 Å². The first-order chi connectivity index (χ1) is 13.6. The summed E-state index contributed by atoms with van der Waals surface area (Å²) in [6, 6.07) is 7.03. The van der Waals surface area contributed by atoms with E-state index < -0.39 is 5.54 Å². The number of rotatable bonds is 5. The third kappa shape index (κ3) is 3.51. The van der Waals surface area contributed by atoms with Crippen LogP contribution in [0.2, 0.25) is 0 Å². The molecular weight excluding hydrogens is 360 g/mol. The highest BCUT2D eigenvalue weighted by molar-refractivity contribution is 5.77. The first kappa shape index (κ1) is 18.3. The predicted molar refractivity (Wildman–Crippen MR) is 100 cm³/mol. The molecule has 4 rings (SSSR count). The third-order valence-corrected chi connectivity index (χ3v) is 5.22. The van der Waals surface area contributed by atoms with Gasteiger partial charge in [0.25, 0.3) is 5.56 Å². The summed E-state index contributed by atoms with van der Waals surface area (Å²) in [5, 5.41) is 15.6. The second-order valence-electron chi connectivity index (χ2n) is 7.21. The number of nitrogens with one attached hydrogen (secondary N) is 1. The van der Waals surface area contributed by atoms with Crippen molar-refractivity contribution in [3.63, 3.8) is 0 Å². The van der Waals surface area contributed by atoms with Crippen molar-refractivity contribution in [3.05, 3.63) is 46.3 Å². The highest BCUT2D eigenvalue weighted by Gasteiger charge is 2.39. The Hall–Kier alpha value is -3.10. The van der Waals surface area contributed by atoms with Gasteiger partial charge in [0.15, 0.2) is 5.82 Å². The van der Waals surface area contributed by atoms with Gasteiger partial charge in [-0.2, -0.15) is 4.98 Å². The molecule has 0 radical (unpaired) electrons. The molecule has 1 fully saturated rings. The summed E-state index contributed by atoms with van der Waals surface area (Å²) in [6.45, 7) is 1.89. The summed E-state index contributed by atoms with van der Waals surface area (Å²) >= 11 is 0. The van der Waals surface area contributed by atoms with Gasteiger partial charge in [-0.1, -0.05) is 41.8 Å². The maximum Gasteiger partial charge on any atom is 0.277 e. The van der Waals surface area contributed by atoms with Gasteiger partial charge >= 0.3 is 0 Å². The van der Waals surface area contributed by atoms with Gasteiger partial charge in [-0.05, 0) is 25.0 Å². The molecule has 1 N–H and O–H groups in total. The van der Waals surface area contributed by atoms with E-state index in [2.05, 4.69) is 25.8 Å². The minimum atomic E-state index is -0.604. The fraction of sp³-hybridized carbons (Fsp3) is 0.474. The van der Waals surface area contributed by atoms with Crippen molar-refractivity contribution in [1.29, 1.82) is 0 Å². The Labute approximate surface area is 161 Å². The number of benzene rings is 1. The smallest absolute Gasteiger partial charge is 0.277 e. The van der Waals surface area contributed by atoms with E-state index in [4.69, 9.17) is 4.52 Å². The van der Waals surface area contributed by atoms with E-state index in [0.29, 0.717) is 22.6 Å². The van der Waals surface area contributed by atoms with Crippen molar-refractivity contribution in [3.8, 4) is 0 Å². The number of hydrogen-bond acceptors (Lipinski definition) is 7. The quantitative estimate of drug-likeness (QED) is 0.716. The number of aromatic nitrogens is 5. The van der Waals surface area contributed by atoms with Crippen LogP contribution in [0.15, 0.2) is 33.6 Å². The molecule has 9 nitrogen and oxygen atoms in total. The van der Waals surface area contributed by atoms with Crippen LogP contribution in [0.4, 0.5) is 0 Å². The molecule has 9 heteroatoms. The van der Waals surface area contributed by atoms with Crippen LogP contribution in [-0.4, -0.2) is 31.0 Å². The van der Waals surface area contributed by atoms with Crippen LogP contribution < -0.4 is 10.9 Å². The molecule has 1 aliphatic rings. The predicted octanol–water partition coefficient (Wildman–Crippen LogP) is 1.85. The standard InChI is InChI=1S/C19H22N6O3/c1-13-20-18(23-28-13)19(10-5-2-6-11-19)21-16(26)9-12-25-17(27)14-7-3-4-8-15(14)22-24-25/h3-4,7-8H,2,5-6,9-12H2,1H3,(H,21,26). The number of carbonyl (C=O) groups excluding carboxylic acids is 1. The van der Waals surface area contributed by atoms with Crippen molar-refractivity contribution in [2.75, 3.05) is 0 Å². The molecule has 0 saturated heterocycles. The van der Waals surface area contributed by atoms with Crippen molar-refractivity contribution in [2.45, 2.75) is 57.5 Å². The largest absolute Gasteiger partial charge is 0.343 e. The van der Waals surface area contributed by atoms with E-state index in [1.54, 1.807) is 31.2 Å². The van der Waals surface area contributed by atoms with E-state index in [9.17, 15) is 9.59 Å². The second-order valence-corrected chi connectivity index (χ2v) is 7.21. The minimum Gasteiger partial charge on any atom is -0.343 e. The number of carbonyl (C=O) groups is 1. The molecule has 1 saturated carbocycles. The molecule has 1 aliphatic carbocycles. The summed E-state index contributed by atoms with van der Waals surface area (Å²) in [5.41, 5.74) is -0.311.